The molecule has 2 fully saturated rings. The predicted octanol–water partition coefficient (Wildman–Crippen LogP) is 1.70. The third kappa shape index (κ3) is 2.49. The number of nitrogens with one attached hydrogen (secondary N) is 1. The van der Waals surface area contributed by atoms with Crippen molar-refractivity contribution in [3.05, 3.63) is 35.9 Å². The van der Waals surface area contributed by atoms with E-state index in [-0.39, 0.29) is 17.4 Å². The van der Waals surface area contributed by atoms with E-state index in [0.29, 0.717) is 5.92 Å². The van der Waals surface area contributed by atoms with Gasteiger partial charge in [0, 0.05) is 23.3 Å². The first-order valence-corrected chi connectivity index (χ1v) is 8.37. The second kappa shape index (κ2) is 5.14. The molecule has 0 unspecified atom stereocenters. The number of carbonyl (C=O) groups excluding carboxylic acids is 1. The van der Waals surface area contributed by atoms with Gasteiger partial charge < -0.3 is 10.1 Å². The maximum absolute atomic E-state index is 12.3. The van der Waals surface area contributed by atoms with Gasteiger partial charge in [-0.3, -0.25) is 9.79 Å². The number of rotatable bonds is 4. The van der Waals surface area contributed by atoms with E-state index in [4.69, 9.17) is 4.74 Å². The molecule has 3 atom stereocenters. The SMILES string of the molecule is O=C(NC[C@@]12COC[C@@H]1C2)[C@@H]1CSC(c2ccccc2)=N1. The van der Waals surface area contributed by atoms with Crippen molar-refractivity contribution in [2.24, 2.45) is 16.3 Å². The number of nitrogens with zero attached hydrogens (tertiary/aromatic N) is 1. The molecule has 1 aliphatic carbocycles. The molecule has 4 nitrogen and oxygen atoms in total. The molecular formula is C16H18N2O2S. The van der Waals surface area contributed by atoms with Gasteiger partial charge in [-0.2, -0.15) is 0 Å². The molecule has 21 heavy (non-hydrogen) atoms. The Morgan fingerprint density at radius 1 is 1.43 bits per heavy atom. The first-order chi connectivity index (χ1) is 10.3. The highest BCUT2D eigenvalue weighted by Gasteiger charge is 2.58. The minimum Gasteiger partial charge on any atom is -0.380 e. The van der Waals surface area contributed by atoms with Crippen molar-refractivity contribution < 1.29 is 9.53 Å². The van der Waals surface area contributed by atoms with E-state index < -0.39 is 0 Å². The Morgan fingerprint density at radius 3 is 3.00 bits per heavy atom. The molecule has 1 saturated heterocycles. The van der Waals surface area contributed by atoms with Crippen LogP contribution in [0, 0.1) is 11.3 Å². The summed E-state index contributed by atoms with van der Waals surface area (Å²) in [7, 11) is 0. The number of amides is 1. The lowest BCUT2D eigenvalue weighted by Gasteiger charge is -2.13. The first kappa shape index (κ1) is 13.3. The first-order valence-electron chi connectivity index (χ1n) is 7.38. The quantitative estimate of drug-likeness (QED) is 0.921. The van der Waals surface area contributed by atoms with Gasteiger partial charge in [-0.1, -0.05) is 30.3 Å². The van der Waals surface area contributed by atoms with Crippen LogP contribution >= 0.6 is 11.8 Å². The molecule has 5 heteroatoms. The molecule has 0 aromatic heterocycles. The van der Waals surface area contributed by atoms with E-state index in [1.807, 2.05) is 30.3 Å². The maximum atomic E-state index is 12.3. The molecule has 1 N–H and O–H groups in total. The Morgan fingerprint density at radius 2 is 2.29 bits per heavy atom. The van der Waals surface area contributed by atoms with Gasteiger partial charge in [0.2, 0.25) is 5.91 Å². The number of hydrogen-bond donors (Lipinski definition) is 1. The minimum atomic E-state index is -0.249. The highest BCUT2D eigenvalue weighted by molar-refractivity contribution is 8.14. The van der Waals surface area contributed by atoms with Gasteiger partial charge in [-0.25, -0.2) is 0 Å². The van der Waals surface area contributed by atoms with E-state index in [1.165, 1.54) is 6.42 Å². The number of thioether (sulfide) groups is 1. The van der Waals surface area contributed by atoms with Crippen LogP contribution in [0.1, 0.15) is 12.0 Å². The van der Waals surface area contributed by atoms with Gasteiger partial charge in [0.15, 0.2) is 0 Å². The monoisotopic (exact) mass is 302 g/mol. The zero-order valence-corrected chi connectivity index (χ0v) is 12.6. The molecule has 1 aromatic rings. The molecule has 1 amide bonds. The zero-order chi connectivity index (χ0) is 14.3. The fourth-order valence-electron chi connectivity index (χ4n) is 3.14. The van der Waals surface area contributed by atoms with Crippen LogP contribution in [-0.2, 0) is 9.53 Å². The van der Waals surface area contributed by atoms with Crippen molar-refractivity contribution in [3.8, 4) is 0 Å². The van der Waals surface area contributed by atoms with Gasteiger partial charge in [0.25, 0.3) is 0 Å². The molecule has 2 heterocycles. The zero-order valence-electron chi connectivity index (χ0n) is 11.7. The molecule has 2 aliphatic heterocycles. The van der Waals surface area contributed by atoms with Crippen molar-refractivity contribution in [2.45, 2.75) is 12.5 Å². The largest absolute Gasteiger partial charge is 0.380 e. The van der Waals surface area contributed by atoms with Gasteiger partial charge in [0.05, 0.1) is 18.3 Å². The fourth-order valence-corrected chi connectivity index (χ4v) is 4.19. The van der Waals surface area contributed by atoms with Gasteiger partial charge >= 0.3 is 0 Å². The Hall–Kier alpha value is -1.33. The predicted molar refractivity (Wildman–Crippen MR) is 83.6 cm³/mol. The number of hydrogen-bond acceptors (Lipinski definition) is 4. The van der Waals surface area contributed by atoms with E-state index in [9.17, 15) is 4.79 Å². The molecule has 110 valence electrons. The van der Waals surface area contributed by atoms with Crippen LogP contribution in [0.15, 0.2) is 35.3 Å². The lowest BCUT2D eigenvalue weighted by Crippen LogP contribution is -2.38. The Labute approximate surface area is 128 Å². The molecule has 4 rings (SSSR count). The smallest absolute Gasteiger partial charge is 0.245 e. The van der Waals surface area contributed by atoms with Crippen LogP contribution in [0.25, 0.3) is 0 Å². The fraction of sp³-hybridized carbons (Fsp3) is 0.500. The number of carbonyl (C=O) groups is 1. The van der Waals surface area contributed by atoms with E-state index >= 15 is 0 Å². The third-order valence-corrected chi connectivity index (χ3v) is 5.75. The summed E-state index contributed by atoms with van der Waals surface area (Å²) in [6.07, 6.45) is 1.20. The standard InChI is InChI=1S/C16H18N2O2S/c19-14(17-9-16-6-12(16)7-20-10-16)13-8-21-15(18-13)11-4-2-1-3-5-11/h1-5,12-13H,6-10H2,(H,17,19)/t12-,13-,16-/m0/s1. The summed E-state index contributed by atoms with van der Waals surface area (Å²) in [5.74, 6) is 1.46. The van der Waals surface area contributed by atoms with Crippen LogP contribution in [-0.4, -0.2) is 42.5 Å². The summed E-state index contributed by atoms with van der Waals surface area (Å²) >= 11 is 1.66. The minimum absolute atomic E-state index is 0.0559. The number of aliphatic imine (C=N–C) groups is 1. The summed E-state index contributed by atoms with van der Waals surface area (Å²) < 4.78 is 5.46. The van der Waals surface area contributed by atoms with Crippen molar-refractivity contribution in [1.29, 1.82) is 0 Å². The normalized spacial score (nSPS) is 33.4. The molecule has 1 aromatic carbocycles. The van der Waals surface area contributed by atoms with Crippen molar-refractivity contribution >= 4 is 22.7 Å². The summed E-state index contributed by atoms with van der Waals surface area (Å²) in [5.41, 5.74) is 1.34. The molecule has 1 saturated carbocycles. The number of fused-ring (bicyclic) bond motifs is 1. The average molecular weight is 302 g/mol. The van der Waals surface area contributed by atoms with Crippen LogP contribution in [0.5, 0.6) is 0 Å². The number of ether oxygens (including phenoxy) is 1. The van der Waals surface area contributed by atoms with Crippen LogP contribution < -0.4 is 5.32 Å². The van der Waals surface area contributed by atoms with E-state index in [1.54, 1.807) is 11.8 Å². The topological polar surface area (TPSA) is 50.7 Å². The summed E-state index contributed by atoms with van der Waals surface area (Å²) in [6.45, 7) is 2.41. The Kier molecular flexibility index (Phi) is 3.27. The van der Waals surface area contributed by atoms with Crippen molar-refractivity contribution in [3.63, 3.8) is 0 Å². The summed E-state index contributed by atoms with van der Waals surface area (Å²) in [6, 6.07) is 9.81. The highest BCUT2D eigenvalue weighted by Crippen LogP contribution is 2.56. The summed E-state index contributed by atoms with van der Waals surface area (Å²) in [5, 5.41) is 4.06. The van der Waals surface area contributed by atoms with Gasteiger partial charge in [0.1, 0.15) is 6.04 Å². The van der Waals surface area contributed by atoms with E-state index in [0.717, 1.165) is 36.1 Å². The third-order valence-electron chi connectivity index (χ3n) is 4.66. The van der Waals surface area contributed by atoms with Crippen LogP contribution in [0.4, 0.5) is 0 Å². The number of benzene rings is 1. The summed E-state index contributed by atoms with van der Waals surface area (Å²) in [4.78, 5) is 16.8. The van der Waals surface area contributed by atoms with Crippen LogP contribution in [0.2, 0.25) is 0 Å². The maximum Gasteiger partial charge on any atom is 0.245 e. The van der Waals surface area contributed by atoms with Crippen molar-refractivity contribution in [1.82, 2.24) is 5.32 Å². The Bertz CT molecular complexity index is 589. The molecular weight excluding hydrogens is 284 g/mol. The molecule has 0 radical (unpaired) electrons. The van der Waals surface area contributed by atoms with Gasteiger partial charge in [-0.15, -0.1) is 11.8 Å². The van der Waals surface area contributed by atoms with E-state index in [2.05, 4.69) is 10.3 Å². The lowest BCUT2D eigenvalue weighted by molar-refractivity contribution is -0.122. The van der Waals surface area contributed by atoms with Gasteiger partial charge in [-0.05, 0) is 12.3 Å². The second-order valence-electron chi connectivity index (χ2n) is 6.12. The average Bonchev–Trinajstić information content (AvgIpc) is 2.92. The second-order valence-corrected chi connectivity index (χ2v) is 7.13. The Balaban J connectivity index is 1.36. The molecule has 0 spiro atoms. The molecule has 0 bridgehead atoms. The van der Waals surface area contributed by atoms with Crippen molar-refractivity contribution in [2.75, 3.05) is 25.5 Å². The highest BCUT2D eigenvalue weighted by atomic mass is 32.2. The molecule has 3 aliphatic rings. The van der Waals surface area contributed by atoms with Crippen LogP contribution in [0.3, 0.4) is 0 Å². The lowest BCUT2D eigenvalue weighted by atomic mass is 10.1.